The van der Waals surface area contributed by atoms with E-state index in [-0.39, 0.29) is 49.4 Å². The van der Waals surface area contributed by atoms with Crippen LogP contribution in [0.25, 0.3) is 0 Å². The van der Waals surface area contributed by atoms with Crippen molar-refractivity contribution in [2.24, 2.45) is 0 Å². The van der Waals surface area contributed by atoms with Gasteiger partial charge in [-0.3, -0.25) is 0 Å². The van der Waals surface area contributed by atoms with Crippen molar-refractivity contribution in [3.8, 4) is 0 Å². The molecule has 0 rings (SSSR count). The minimum absolute atomic E-state index is 0. The third kappa shape index (κ3) is 22.4. The summed E-state index contributed by atoms with van der Waals surface area (Å²) in [7, 11) is 0. The molecular formula is C6H16NaO5. The van der Waals surface area contributed by atoms with Gasteiger partial charge in [0.1, 0.15) is 6.10 Å². The molecule has 5 N–H and O–H groups in total. The summed E-state index contributed by atoms with van der Waals surface area (Å²) in [6, 6.07) is 0. The number of aliphatic hydroxyl groups is 5. The van der Waals surface area contributed by atoms with E-state index in [0.29, 0.717) is 0 Å². The van der Waals surface area contributed by atoms with Crippen LogP contribution in [0, 0.1) is 0 Å². The summed E-state index contributed by atoms with van der Waals surface area (Å²) in [4.78, 5) is 0. The van der Waals surface area contributed by atoms with Crippen LogP contribution in [-0.4, -0.2) is 87.1 Å². The predicted molar refractivity (Wildman–Crippen MR) is 44.7 cm³/mol. The molecule has 1 atom stereocenters. The van der Waals surface area contributed by atoms with Crippen molar-refractivity contribution in [3.63, 3.8) is 0 Å². The molecule has 0 aromatic heterocycles. The van der Waals surface area contributed by atoms with E-state index in [4.69, 9.17) is 25.5 Å². The smallest absolute Gasteiger partial charge is 0.100 e. The van der Waals surface area contributed by atoms with E-state index < -0.39 is 12.2 Å². The van der Waals surface area contributed by atoms with Crippen LogP contribution in [0.3, 0.4) is 0 Å². The van der Waals surface area contributed by atoms with Gasteiger partial charge in [0.05, 0.1) is 25.9 Å². The van der Waals surface area contributed by atoms with Gasteiger partial charge >= 0.3 is 0 Å². The van der Waals surface area contributed by atoms with Crippen LogP contribution in [0.4, 0.5) is 0 Å². The van der Waals surface area contributed by atoms with Crippen molar-refractivity contribution in [1.82, 2.24) is 0 Å². The van der Waals surface area contributed by atoms with Crippen molar-refractivity contribution in [2.45, 2.75) is 19.1 Å². The Hall–Kier alpha value is 0.800. The molecule has 1 unspecified atom stereocenters. The topological polar surface area (TPSA) is 101 Å². The van der Waals surface area contributed by atoms with Crippen molar-refractivity contribution in [1.29, 1.82) is 0 Å². The molecular weight excluding hydrogens is 175 g/mol. The molecule has 0 aliphatic carbocycles. The minimum Gasteiger partial charge on any atom is -0.394 e. The van der Waals surface area contributed by atoms with E-state index in [1.165, 1.54) is 6.92 Å². The molecule has 0 aromatic carbocycles. The SMILES string of the molecule is CC(O)CO.OCC(O)CO.[Na]. The monoisotopic (exact) mass is 191 g/mol. The van der Waals surface area contributed by atoms with Crippen LogP contribution >= 0.6 is 0 Å². The average Bonchev–Trinajstić information content (AvgIpc) is 2.04. The zero-order chi connectivity index (χ0) is 9.28. The maximum absolute atomic E-state index is 8.17. The Kier molecular flexibility index (Phi) is 22.2. The molecule has 0 aliphatic rings. The minimum atomic E-state index is -0.954. The van der Waals surface area contributed by atoms with Crippen LogP contribution in [0.15, 0.2) is 0 Å². The number of hydrogen-bond donors (Lipinski definition) is 5. The molecule has 71 valence electrons. The summed E-state index contributed by atoms with van der Waals surface area (Å²) in [5.74, 6) is 0. The average molecular weight is 191 g/mol. The summed E-state index contributed by atoms with van der Waals surface area (Å²) in [5, 5.41) is 40.0. The van der Waals surface area contributed by atoms with Crippen LogP contribution < -0.4 is 0 Å². The summed E-state index contributed by atoms with van der Waals surface area (Å²) in [6.07, 6.45) is -1.51. The molecule has 0 bridgehead atoms. The van der Waals surface area contributed by atoms with Crippen LogP contribution in [0.1, 0.15) is 6.92 Å². The fourth-order valence-electron chi connectivity index (χ4n) is 0.0577. The molecule has 0 amide bonds. The first kappa shape index (κ1) is 18.6. The van der Waals surface area contributed by atoms with Gasteiger partial charge in [0.15, 0.2) is 0 Å². The molecule has 0 spiro atoms. The van der Waals surface area contributed by atoms with Gasteiger partial charge in [0, 0.05) is 29.6 Å². The van der Waals surface area contributed by atoms with Gasteiger partial charge in [0.2, 0.25) is 0 Å². The summed E-state index contributed by atoms with van der Waals surface area (Å²) < 4.78 is 0. The first-order valence-corrected chi connectivity index (χ1v) is 3.27. The third-order valence-corrected chi connectivity index (χ3v) is 0.686. The molecule has 0 heterocycles. The normalized spacial score (nSPS) is 11.2. The molecule has 0 saturated carbocycles. The van der Waals surface area contributed by atoms with Gasteiger partial charge in [-0.1, -0.05) is 0 Å². The Labute approximate surface area is 94.0 Å². The molecule has 6 heteroatoms. The van der Waals surface area contributed by atoms with Crippen LogP contribution in [0.5, 0.6) is 0 Å². The second kappa shape index (κ2) is 14.3. The van der Waals surface area contributed by atoms with Gasteiger partial charge in [0.25, 0.3) is 0 Å². The molecule has 1 radical (unpaired) electrons. The van der Waals surface area contributed by atoms with E-state index in [1.54, 1.807) is 0 Å². The summed E-state index contributed by atoms with van der Waals surface area (Å²) in [6.45, 7) is 0.660. The fraction of sp³-hybridized carbons (Fsp3) is 1.00. The Morgan fingerprint density at radius 1 is 0.917 bits per heavy atom. The number of aliphatic hydroxyl groups excluding tert-OH is 5. The maximum Gasteiger partial charge on any atom is 0.100 e. The predicted octanol–water partition coefficient (Wildman–Crippen LogP) is -2.69. The fourth-order valence-corrected chi connectivity index (χ4v) is 0.0577. The molecule has 0 fully saturated rings. The largest absolute Gasteiger partial charge is 0.394 e. The van der Waals surface area contributed by atoms with Gasteiger partial charge in [-0.05, 0) is 6.92 Å². The second-order valence-corrected chi connectivity index (χ2v) is 2.05. The van der Waals surface area contributed by atoms with Gasteiger partial charge in [-0.15, -0.1) is 0 Å². The molecule has 5 nitrogen and oxygen atoms in total. The van der Waals surface area contributed by atoms with Crippen molar-refractivity contribution in [2.75, 3.05) is 19.8 Å². The zero-order valence-corrected chi connectivity index (χ0v) is 9.51. The first-order valence-electron chi connectivity index (χ1n) is 3.27. The van der Waals surface area contributed by atoms with Gasteiger partial charge in [-0.25, -0.2) is 0 Å². The van der Waals surface area contributed by atoms with E-state index in [2.05, 4.69) is 0 Å². The van der Waals surface area contributed by atoms with Gasteiger partial charge < -0.3 is 25.5 Å². The molecule has 12 heavy (non-hydrogen) atoms. The van der Waals surface area contributed by atoms with E-state index >= 15 is 0 Å². The van der Waals surface area contributed by atoms with Crippen molar-refractivity contribution in [3.05, 3.63) is 0 Å². The molecule has 0 aliphatic heterocycles. The van der Waals surface area contributed by atoms with Crippen LogP contribution in [-0.2, 0) is 0 Å². The van der Waals surface area contributed by atoms with E-state index in [1.807, 2.05) is 0 Å². The first-order chi connectivity index (χ1) is 5.08. The zero-order valence-electron chi connectivity index (χ0n) is 7.51. The summed E-state index contributed by atoms with van der Waals surface area (Å²) in [5.41, 5.74) is 0. The second-order valence-electron chi connectivity index (χ2n) is 2.05. The molecule has 0 saturated heterocycles. The van der Waals surface area contributed by atoms with Crippen molar-refractivity contribution < 1.29 is 25.5 Å². The summed E-state index contributed by atoms with van der Waals surface area (Å²) >= 11 is 0. The Morgan fingerprint density at radius 3 is 1.17 bits per heavy atom. The Bertz CT molecular complexity index is 67.0. The van der Waals surface area contributed by atoms with E-state index in [0.717, 1.165) is 0 Å². The quantitative estimate of drug-likeness (QED) is 0.313. The van der Waals surface area contributed by atoms with Crippen LogP contribution in [0.2, 0.25) is 0 Å². The molecule has 0 aromatic rings. The van der Waals surface area contributed by atoms with Gasteiger partial charge in [-0.2, -0.15) is 0 Å². The Morgan fingerprint density at radius 2 is 1.17 bits per heavy atom. The number of rotatable bonds is 3. The number of hydrogen-bond acceptors (Lipinski definition) is 5. The van der Waals surface area contributed by atoms with Crippen molar-refractivity contribution >= 4 is 29.6 Å². The standard InChI is InChI=1S/C3H8O3.C3H8O2.Na/c4-1-3(6)2-5;1-3(5)2-4;/h3-6H,1-2H2;3-5H,2H2,1H3;. The third-order valence-electron chi connectivity index (χ3n) is 0.686. The maximum atomic E-state index is 8.17. The Balaban J connectivity index is -0.000000126. The van der Waals surface area contributed by atoms with E-state index in [9.17, 15) is 0 Å².